The lowest BCUT2D eigenvalue weighted by Gasteiger charge is -2.08. The Morgan fingerprint density at radius 2 is 2.05 bits per heavy atom. The molecule has 0 bridgehead atoms. The second kappa shape index (κ2) is 5.62. The monoisotopic (exact) mass is 295 g/mol. The van der Waals surface area contributed by atoms with E-state index < -0.39 is 17.7 Å². The Hall–Kier alpha value is -2.54. The molecule has 0 unspecified atom stereocenters. The molecule has 6 nitrogen and oxygen atoms in total. The van der Waals surface area contributed by atoms with Crippen molar-refractivity contribution in [1.82, 2.24) is 9.97 Å². The molecule has 0 saturated heterocycles. The van der Waals surface area contributed by atoms with Crippen LogP contribution in [0.25, 0.3) is 0 Å². The van der Waals surface area contributed by atoms with Gasteiger partial charge in [0, 0.05) is 0 Å². The van der Waals surface area contributed by atoms with Crippen LogP contribution >= 0.6 is 11.6 Å². The highest BCUT2D eigenvalue weighted by Gasteiger charge is 2.15. The summed E-state index contributed by atoms with van der Waals surface area (Å²) in [7, 11) is 0. The van der Waals surface area contributed by atoms with Gasteiger partial charge in [-0.15, -0.1) is 0 Å². The minimum absolute atomic E-state index is 0.00958. The van der Waals surface area contributed by atoms with E-state index in [9.17, 15) is 14.0 Å². The maximum Gasteiger partial charge on any atom is 0.337 e. The molecule has 2 aromatic rings. The third kappa shape index (κ3) is 3.07. The normalized spacial score (nSPS) is 10.1. The molecule has 1 aromatic heterocycles. The molecule has 0 saturated carbocycles. The number of carboxylic acids is 1. The molecule has 1 heterocycles. The van der Waals surface area contributed by atoms with E-state index in [1.54, 1.807) is 0 Å². The smallest absolute Gasteiger partial charge is 0.337 e. The Bertz CT molecular complexity index is 693. The molecule has 20 heavy (non-hydrogen) atoms. The Balaban J connectivity index is 2.32. The summed E-state index contributed by atoms with van der Waals surface area (Å²) in [5.74, 6) is -2.71. The van der Waals surface area contributed by atoms with Gasteiger partial charge in [0.05, 0.1) is 23.6 Å². The molecular formula is C12H7ClFN3O3. The summed E-state index contributed by atoms with van der Waals surface area (Å²) >= 11 is 5.59. The first-order valence-electron chi connectivity index (χ1n) is 5.29. The fourth-order valence-electron chi connectivity index (χ4n) is 1.44. The van der Waals surface area contributed by atoms with E-state index in [4.69, 9.17) is 16.7 Å². The second-order valence-electron chi connectivity index (χ2n) is 3.68. The second-order valence-corrected chi connectivity index (χ2v) is 4.06. The minimum Gasteiger partial charge on any atom is -0.478 e. The van der Waals surface area contributed by atoms with Crippen molar-refractivity contribution in [2.24, 2.45) is 0 Å². The van der Waals surface area contributed by atoms with Crippen molar-refractivity contribution in [2.75, 3.05) is 5.32 Å². The Kier molecular flexibility index (Phi) is 3.90. The third-order valence-corrected chi connectivity index (χ3v) is 2.48. The van der Waals surface area contributed by atoms with Crippen molar-refractivity contribution < 1.29 is 19.1 Å². The van der Waals surface area contributed by atoms with Gasteiger partial charge in [-0.05, 0) is 18.2 Å². The number of carbonyl (C=O) groups excluding carboxylic acids is 1. The predicted molar refractivity (Wildman–Crippen MR) is 68.4 cm³/mol. The molecule has 1 amide bonds. The van der Waals surface area contributed by atoms with Crippen LogP contribution in [0.15, 0.2) is 30.6 Å². The van der Waals surface area contributed by atoms with Crippen LogP contribution in [-0.2, 0) is 0 Å². The van der Waals surface area contributed by atoms with E-state index in [0.717, 1.165) is 24.4 Å². The number of amides is 1. The Morgan fingerprint density at radius 1 is 1.30 bits per heavy atom. The Labute approximate surface area is 117 Å². The van der Waals surface area contributed by atoms with Crippen molar-refractivity contribution in [1.29, 1.82) is 0 Å². The van der Waals surface area contributed by atoms with Gasteiger partial charge in [0.2, 0.25) is 0 Å². The van der Waals surface area contributed by atoms with Crippen LogP contribution in [0.1, 0.15) is 20.8 Å². The lowest BCUT2D eigenvalue weighted by Crippen LogP contribution is -2.16. The van der Waals surface area contributed by atoms with Crippen molar-refractivity contribution >= 4 is 29.2 Å². The fourth-order valence-corrected chi connectivity index (χ4v) is 1.59. The summed E-state index contributed by atoms with van der Waals surface area (Å²) in [6, 6.07) is 2.94. The number of hydrogen-bond donors (Lipinski definition) is 2. The molecule has 0 aliphatic heterocycles. The summed E-state index contributed by atoms with van der Waals surface area (Å²) in [5, 5.41) is 11.2. The van der Waals surface area contributed by atoms with Gasteiger partial charge in [-0.3, -0.25) is 9.78 Å². The quantitative estimate of drug-likeness (QED) is 0.906. The third-order valence-electron chi connectivity index (χ3n) is 2.30. The van der Waals surface area contributed by atoms with Crippen LogP contribution in [0.2, 0.25) is 5.15 Å². The van der Waals surface area contributed by atoms with Gasteiger partial charge in [0.1, 0.15) is 16.7 Å². The van der Waals surface area contributed by atoms with Gasteiger partial charge in [-0.25, -0.2) is 14.2 Å². The van der Waals surface area contributed by atoms with E-state index in [1.165, 1.54) is 6.20 Å². The molecule has 2 N–H and O–H groups in total. The number of aromatic nitrogens is 2. The molecule has 2 rings (SSSR count). The predicted octanol–water partition coefficient (Wildman–Crippen LogP) is 2.22. The SMILES string of the molecule is O=C(Nc1cc(F)ccc1C(=O)O)c1cncc(Cl)n1. The Morgan fingerprint density at radius 3 is 2.70 bits per heavy atom. The highest BCUT2D eigenvalue weighted by Crippen LogP contribution is 2.18. The maximum absolute atomic E-state index is 13.1. The van der Waals surface area contributed by atoms with Gasteiger partial charge >= 0.3 is 5.97 Å². The van der Waals surface area contributed by atoms with E-state index >= 15 is 0 Å². The molecular weight excluding hydrogens is 289 g/mol. The van der Waals surface area contributed by atoms with Crippen LogP contribution in [-0.4, -0.2) is 27.0 Å². The number of rotatable bonds is 3. The van der Waals surface area contributed by atoms with Crippen molar-refractivity contribution in [3.8, 4) is 0 Å². The van der Waals surface area contributed by atoms with E-state index in [-0.39, 0.29) is 22.1 Å². The lowest BCUT2D eigenvalue weighted by molar-refractivity contribution is 0.0698. The summed E-state index contributed by atoms with van der Waals surface area (Å²) < 4.78 is 13.1. The van der Waals surface area contributed by atoms with Gasteiger partial charge in [-0.2, -0.15) is 0 Å². The summed E-state index contributed by atoms with van der Waals surface area (Å²) in [6.45, 7) is 0. The number of halogens is 2. The zero-order chi connectivity index (χ0) is 14.7. The number of hydrogen-bond acceptors (Lipinski definition) is 4. The van der Waals surface area contributed by atoms with E-state index in [2.05, 4.69) is 15.3 Å². The van der Waals surface area contributed by atoms with Crippen molar-refractivity contribution in [3.63, 3.8) is 0 Å². The molecule has 0 aliphatic rings. The number of benzene rings is 1. The average Bonchev–Trinajstić information content (AvgIpc) is 2.38. The average molecular weight is 296 g/mol. The first-order valence-corrected chi connectivity index (χ1v) is 5.67. The molecule has 8 heteroatoms. The number of aromatic carboxylic acids is 1. The fraction of sp³-hybridized carbons (Fsp3) is 0. The van der Waals surface area contributed by atoms with Gasteiger partial charge in [0.25, 0.3) is 5.91 Å². The van der Waals surface area contributed by atoms with Gasteiger partial charge in [0.15, 0.2) is 0 Å². The lowest BCUT2D eigenvalue weighted by atomic mass is 10.1. The summed E-state index contributed by atoms with van der Waals surface area (Å²) in [4.78, 5) is 30.2. The molecule has 0 fully saturated rings. The first kappa shape index (κ1) is 13.9. The zero-order valence-electron chi connectivity index (χ0n) is 9.80. The first-order chi connectivity index (χ1) is 9.47. The van der Waals surface area contributed by atoms with Crippen LogP contribution in [0.5, 0.6) is 0 Å². The van der Waals surface area contributed by atoms with Crippen LogP contribution in [0, 0.1) is 5.82 Å². The zero-order valence-corrected chi connectivity index (χ0v) is 10.6. The minimum atomic E-state index is -1.29. The molecule has 1 aromatic carbocycles. The van der Waals surface area contributed by atoms with Crippen molar-refractivity contribution in [2.45, 2.75) is 0 Å². The number of carbonyl (C=O) groups is 2. The maximum atomic E-state index is 13.1. The van der Waals surface area contributed by atoms with Gasteiger partial charge < -0.3 is 10.4 Å². The summed E-state index contributed by atoms with van der Waals surface area (Å²) in [6.07, 6.45) is 2.39. The molecule has 0 spiro atoms. The van der Waals surface area contributed by atoms with Crippen molar-refractivity contribution in [3.05, 3.63) is 52.8 Å². The molecule has 0 radical (unpaired) electrons. The van der Waals surface area contributed by atoms with E-state index in [1.807, 2.05) is 0 Å². The number of nitrogens with zero attached hydrogens (tertiary/aromatic N) is 2. The molecule has 102 valence electrons. The highest BCUT2D eigenvalue weighted by atomic mass is 35.5. The standard InChI is InChI=1S/C12H7ClFN3O3/c13-10-5-15-4-9(16-10)11(18)17-8-3-6(14)1-2-7(8)12(19)20/h1-5H,(H,17,18)(H,19,20). The van der Waals surface area contributed by atoms with E-state index in [0.29, 0.717) is 0 Å². The topological polar surface area (TPSA) is 92.2 Å². The number of carboxylic acid groups (broad SMARTS) is 1. The highest BCUT2D eigenvalue weighted by molar-refractivity contribution is 6.29. The van der Waals surface area contributed by atoms with Crippen LogP contribution in [0.4, 0.5) is 10.1 Å². The number of anilines is 1. The van der Waals surface area contributed by atoms with Crippen LogP contribution in [0.3, 0.4) is 0 Å². The van der Waals surface area contributed by atoms with Gasteiger partial charge in [-0.1, -0.05) is 11.6 Å². The molecule has 0 atom stereocenters. The summed E-state index contributed by atoms with van der Waals surface area (Å²) in [5.41, 5.74) is -0.530. The largest absolute Gasteiger partial charge is 0.478 e. The number of nitrogens with one attached hydrogen (secondary N) is 1. The molecule has 0 aliphatic carbocycles. The van der Waals surface area contributed by atoms with Crippen LogP contribution < -0.4 is 5.32 Å².